The van der Waals surface area contributed by atoms with E-state index in [4.69, 9.17) is 0 Å². The van der Waals surface area contributed by atoms with Crippen molar-refractivity contribution in [1.82, 2.24) is 15.9 Å². The molecule has 130 valence electrons. The summed E-state index contributed by atoms with van der Waals surface area (Å²) in [5.74, 6) is 2.34. The Balaban J connectivity index is 1.52. The van der Waals surface area contributed by atoms with Crippen LogP contribution in [0.2, 0.25) is 0 Å². The molecule has 0 radical (unpaired) electrons. The topological polar surface area (TPSA) is 56.7 Å². The molecular weight excluding hydrogens is 356 g/mol. The van der Waals surface area contributed by atoms with Gasteiger partial charge in [0.15, 0.2) is 0 Å². The van der Waals surface area contributed by atoms with Crippen LogP contribution >= 0.6 is 15.9 Å². The van der Waals surface area contributed by atoms with Crippen molar-refractivity contribution < 1.29 is 4.79 Å². The van der Waals surface area contributed by atoms with Gasteiger partial charge in [0.05, 0.1) is 4.83 Å². The van der Waals surface area contributed by atoms with Crippen LogP contribution in [0.3, 0.4) is 0 Å². The molecule has 2 saturated carbocycles. The summed E-state index contributed by atoms with van der Waals surface area (Å²) in [6.45, 7) is 2.89. The van der Waals surface area contributed by atoms with Gasteiger partial charge >= 0.3 is 0 Å². The minimum atomic E-state index is -0.245. The lowest BCUT2D eigenvalue weighted by Gasteiger charge is -2.39. The highest BCUT2D eigenvalue weighted by Crippen LogP contribution is 2.42. The largest absolute Gasteiger partial charge is 0.271 e. The molecule has 0 aromatic heterocycles. The van der Waals surface area contributed by atoms with E-state index in [1.54, 1.807) is 0 Å². The summed E-state index contributed by atoms with van der Waals surface area (Å²) in [4.78, 5) is 12.4. The smallest absolute Gasteiger partial charge is 0.259 e. The number of hydrogen-bond acceptors (Lipinski definition) is 4. The van der Waals surface area contributed by atoms with Crippen LogP contribution < -0.4 is 10.9 Å². The average Bonchev–Trinajstić information content (AvgIpc) is 2.90. The van der Waals surface area contributed by atoms with Crippen molar-refractivity contribution >= 4 is 27.5 Å². The molecule has 0 aromatic carbocycles. The lowest BCUT2D eigenvalue weighted by atomic mass is 9.67. The van der Waals surface area contributed by atoms with Crippen LogP contribution in [-0.2, 0) is 4.79 Å². The summed E-state index contributed by atoms with van der Waals surface area (Å²) >= 11 is 3.55. The molecule has 5 nitrogen and oxygen atoms in total. The van der Waals surface area contributed by atoms with E-state index in [0.29, 0.717) is 5.92 Å². The second kappa shape index (κ2) is 7.62. The van der Waals surface area contributed by atoms with Crippen molar-refractivity contribution in [3.8, 4) is 0 Å². The number of nitrogens with one attached hydrogen (secondary N) is 2. The summed E-state index contributed by atoms with van der Waals surface area (Å²) < 4.78 is 0. The third kappa shape index (κ3) is 4.15. The van der Waals surface area contributed by atoms with Gasteiger partial charge in [0.2, 0.25) is 0 Å². The van der Waals surface area contributed by atoms with Crippen molar-refractivity contribution in [1.29, 1.82) is 0 Å². The molecule has 6 heteroatoms. The Hall–Kier alpha value is -0.460. The average molecular weight is 385 g/mol. The van der Waals surface area contributed by atoms with Crippen molar-refractivity contribution in [3.05, 3.63) is 0 Å². The first-order valence-electron chi connectivity index (χ1n) is 9.00. The minimum Gasteiger partial charge on any atom is -0.271 e. The fourth-order valence-electron chi connectivity index (χ4n) is 4.52. The first-order valence-corrected chi connectivity index (χ1v) is 9.91. The number of rotatable bonds is 3. The molecule has 0 bridgehead atoms. The fraction of sp³-hybridized carbons (Fsp3) is 0.882. The van der Waals surface area contributed by atoms with E-state index in [1.807, 2.05) is 12.1 Å². The molecule has 5 atom stereocenters. The maximum Gasteiger partial charge on any atom is 0.259 e. The van der Waals surface area contributed by atoms with Crippen LogP contribution in [0.15, 0.2) is 5.10 Å². The predicted molar refractivity (Wildman–Crippen MR) is 96.3 cm³/mol. The van der Waals surface area contributed by atoms with Crippen molar-refractivity contribution in [2.45, 2.75) is 62.7 Å². The van der Waals surface area contributed by atoms with Crippen LogP contribution in [-0.4, -0.2) is 41.1 Å². The van der Waals surface area contributed by atoms with E-state index in [-0.39, 0.29) is 16.8 Å². The molecule has 2 N–H and O–H groups in total. The van der Waals surface area contributed by atoms with Gasteiger partial charge in [-0.15, -0.1) is 0 Å². The first kappa shape index (κ1) is 17.4. The maximum absolute atomic E-state index is 12.3. The quantitative estimate of drug-likeness (QED) is 0.446. The zero-order chi connectivity index (χ0) is 16.4. The summed E-state index contributed by atoms with van der Waals surface area (Å²) in [5, 5.41) is 6.36. The number of hydrazine groups is 1. The van der Waals surface area contributed by atoms with Gasteiger partial charge in [0, 0.05) is 19.3 Å². The van der Waals surface area contributed by atoms with Gasteiger partial charge in [-0.05, 0) is 43.9 Å². The highest BCUT2D eigenvalue weighted by molar-refractivity contribution is 9.09. The highest BCUT2D eigenvalue weighted by atomic mass is 79.9. The predicted octanol–water partition coefficient (Wildman–Crippen LogP) is 2.67. The van der Waals surface area contributed by atoms with Gasteiger partial charge in [0.25, 0.3) is 5.91 Å². The number of halogens is 1. The number of hydrazone groups is 1. The van der Waals surface area contributed by atoms with Crippen LogP contribution in [0.4, 0.5) is 0 Å². The third-order valence-electron chi connectivity index (χ3n) is 5.92. The Bertz CT molecular complexity index is 470. The Labute approximate surface area is 147 Å². The SMILES string of the molecule is C/C(=N\NC(=O)C1NN(C)CC1Br)C1CCC2CCCCC2C1. The van der Waals surface area contributed by atoms with Gasteiger partial charge in [-0.1, -0.05) is 41.6 Å². The van der Waals surface area contributed by atoms with Crippen molar-refractivity contribution in [3.63, 3.8) is 0 Å². The summed E-state index contributed by atoms with van der Waals surface area (Å²) in [6, 6.07) is -0.245. The zero-order valence-corrected chi connectivity index (χ0v) is 15.8. The second-order valence-corrected chi connectivity index (χ2v) is 8.72. The third-order valence-corrected chi connectivity index (χ3v) is 6.74. The number of nitrogens with zero attached hydrogens (tertiary/aromatic N) is 2. The van der Waals surface area contributed by atoms with Gasteiger partial charge in [-0.2, -0.15) is 5.10 Å². The molecular formula is C17H29BrN4O. The summed E-state index contributed by atoms with van der Waals surface area (Å²) in [6.07, 6.45) is 9.48. The normalized spacial score (nSPS) is 39.1. The number of carbonyl (C=O) groups excluding carboxylic acids is 1. The van der Waals surface area contributed by atoms with Crippen LogP contribution in [0, 0.1) is 17.8 Å². The van der Waals surface area contributed by atoms with Crippen molar-refractivity contribution in [2.75, 3.05) is 13.6 Å². The van der Waals surface area contributed by atoms with Gasteiger partial charge < -0.3 is 0 Å². The zero-order valence-electron chi connectivity index (χ0n) is 14.2. The molecule has 5 unspecified atom stereocenters. The lowest BCUT2D eigenvalue weighted by molar-refractivity contribution is -0.123. The van der Waals surface area contributed by atoms with Crippen molar-refractivity contribution in [2.24, 2.45) is 22.9 Å². The van der Waals surface area contributed by atoms with E-state index in [9.17, 15) is 4.79 Å². The van der Waals surface area contributed by atoms with E-state index in [2.05, 4.69) is 38.8 Å². The molecule has 1 saturated heterocycles. The number of hydrogen-bond donors (Lipinski definition) is 2. The molecule has 1 heterocycles. The van der Waals surface area contributed by atoms with Gasteiger partial charge in [-0.3, -0.25) is 4.79 Å². The minimum absolute atomic E-state index is 0.0538. The van der Waals surface area contributed by atoms with Crippen LogP contribution in [0.25, 0.3) is 0 Å². The van der Waals surface area contributed by atoms with E-state index < -0.39 is 0 Å². The molecule has 3 rings (SSSR count). The Morgan fingerprint density at radius 1 is 1.22 bits per heavy atom. The van der Waals surface area contributed by atoms with Gasteiger partial charge in [-0.25, -0.2) is 15.9 Å². The number of carbonyl (C=O) groups is 1. The van der Waals surface area contributed by atoms with E-state index >= 15 is 0 Å². The molecule has 2 aliphatic carbocycles. The Morgan fingerprint density at radius 2 is 1.96 bits per heavy atom. The maximum atomic E-state index is 12.3. The number of amides is 1. The number of fused-ring (bicyclic) bond motifs is 1. The molecule has 3 fully saturated rings. The molecule has 0 aromatic rings. The molecule has 3 aliphatic rings. The fourth-order valence-corrected chi connectivity index (χ4v) is 5.31. The summed E-state index contributed by atoms with van der Waals surface area (Å²) in [7, 11) is 1.94. The highest BCUT2D eigenvalue weighted by Gasteiger charge is 2.35. The first-order chi connectivity index (χ1) is 11.0. The molecule has 23 heavy (non-hydrogen) atoms. The van der Waals surface area contributed by atoms with Gasteiger partial charge in [0.1, 0.15) is 6.04 Å². The van der Waals surface area contributed by atoms with Crippen LogP contribution in [0.1, 0.15) is 51.9 Å². The number of alkyl halides is 1. The monoisotopic (exact) mass is 384 g/mol. The van der Waals surface area contributed by atoms with Crippen LogP contribution in [0.5, 0.6) is 0 Å². The van der Waals surface area contributed by atoms with E-state index in [1.165, 1.54) is 44.9 Å². The molecule has 0 spiro atoms. The Kier molecular flexibility index (Phi) is 5.75. The van der Waals surface area contributed by atoms with E-state index in [0.717, 1.165) is 24.1 Å². The lowest BCUT2D eigenvalue weighted by Crippen LogP contribution is -2.45. The second-order valence-electron chi connectivity index (χ2n) is 7.55. The molecule has 1 amide bonds. The Morgan fingerprint density at radius 3 is 2.65 bits per heavy atom. The standard InChI is InChI=1S/C17H29BrN4O/c1-11(13-8-7-12-5-3-4-6-14(12)9-13)19-20-17(23)16-15(18)10-22(2)21-16/h12-16,21H,3-10H2,1-2H3,(H,20,23)/b19-11+. The summed E-state index contributed by atoms with van der Waals surface area (Å²) in [5.41, 5.74) is 7.02. The molecule has 1 aliphatic heterocycles.